The second-order valence-corrected chi connectivity index (χ2v) is 7.58. The van der Waals surface area contributed by atoms with Gasteiger partial charge in [0.05, 0.1) is 0 Å². The zero-order valence-corrected chi connectivity index (χ0v) is 16.4. The van der Waals surface area contributed by atoms with Crippen LogP contribution < -0.4 is 15.5 Å². The zero-order valence-electron chi connectivity index (χ0n) is 15.6. The fourth-order valence-corrected chi connectivity index (χ4v) is 3.74. The van der Waals surface area contributed by atoms with Crippen molar-refractivity contribution in [2.24, 2.45) is 0 Å². The fraction of sp³-hybridized carbons (Fsp3) is 0.250. The SMILES string of the molecule is Cc1nc(Nc2ncc(C=Cc3cccc(O)c3)s2)cc(N2CCNCC2)n1. The van der Waals surface area contributed by atoms with Crippen molar-refractivity contribution in [3.63, 3.8) is 0 Å². The number of nitrogens with zero attached hydrogens (tertiary/aromatic N) is 4. The molecule has 7 nitrogen and oxygen atoms in total. The lowest BCUT2D eigenvalue weighted by molar-refractivity contribution is 0.475. The lowest BCUT2D eigenvalue weighted by Crippen LogP contribution is -2.44. The standard InChI is InChI=1S/C20H22N6OS/c1-14-23-18(12-19(24-14)26-9-7-21-8-10-26)25-20-22-13-17(28-20)6-5-15-3-2-4-16(27)11-15/h2-6,11-13,21,27H,7-10H2,1H3,(H,22,23,24,25). The third-order valence-corrected chi connectivity index (χ3v) is 5.21. The number of thiazole rings is 1. The molecule has 3 N–H and O–H groups in total. The summed E-state index contributed by atoms with van der Waals surface area (Å²) in [5.74, 6) is 2.68. The van der Waals surface area contributed by atoms with Crippen molar-refractivity contribution >= 4 is 40.3 Å². The van der Waals surface area contributed by atoms with Gasteiger partial charge in [0.1, 0.15) is 23.2 Å². The van der Waals surface area contributed by atoms with Crippen molar-refractivity contribution in [2.45, 2.75) is 6.92 Å². The molecule has 1 fully saturated rings. The molecule has 0 amide bonds. The summed E-state index contributed by atoms with van der Waals surface area (Å²) in [5.41, 5.74) is 0.940. The molecule has 0 radical (unpaired) electrons. The molecule has 0 bridgehead atoms. The van der Waals surface area contributed by atoms with E-state index >= 15 is 0 Å². The molecule has 144 valence electrons. The lowest BCUT2D eigenvalue weighted by Gasteiger charge is -2.28. The molecule has 1 aromatic carbocycles. The van der Waals surface area contributed by atoms with Gasteiger partial charge in [0, 0.05) is 43.3 Å². The average molecular weight is 395 g/mol. The van der Waals surface area contributed by atoms with Crippen molar-refractivity contribution in [3.8, 4) is 5.75 Å². The van der Waals surface area contributed by atoms with Gasteiger partial charge >= 0.3 is 0 Å². The van der Waals surface area contributed by atoms with Gasteiger partial charge in [-0.3, -0.25) is 0 Å². The Hall–Kier alpha value is -2.97. The average Bonchev–Trinajstić information content (AvgIpc) is 3.14. The maximum atomic E-state index is 9.54. The van der Waals surface area contributed by atoms with Gasteiger partial charge in [-0.2, -0.15) is 0 Å². The van der Waals surface area contributed by atoms with Crippen LogP contribution in [-0.2, 0) is 0 Å². The number of benzene rings is 1. The Balaban J connectivity index is 1.47. The molecule has 8 heteroatoms. The molecule has 3 aromatic rings. The van der Waals surface area contributed by atoms with E-state index in [4.69, 9.17) is 0 Å². The smallest absolute Gasteiger partial charge is 0.188 e. The third kappa shape index (κ3) is 4.65. The summed E-state index contributed by atoms with van der Waals surface area (Å²) >= 11 is 1.54. The van der Waals surface area contributed by atoms with Gasteiger partial charge in [-0.25, -0.2) is 15.0 Å². The Kier molecular flexibility index (Phi) is 5.50. The minimum absolute atomic E-state index is 0.258. The van der Waals surface area contributed by atoms with Crippen LogP contribution in [-0.4, -0.2) is 46.2 Å². The summed E-state index contributed by atoms with van der Waals surface area (Å²) in [6.45, 7) is 5.72. The first kappa shape index (κ1) is 18.4. The number of piperazine rings is 1. The van der Waals surface area contributed by atoms with Gasteiger partial charge in [-0.05, 0) is 30.7 Å². The first-order valence-electron chi connectivity index (χ1n) is 9.17. The van der Waals surface area contributed by atoms with Crippen LogP contribution in [0.1, 0.15) is 16.3 Å². The number of phenolic OH excluding ortho intramolecular Hbond substituents is 1. The van der Waals surface area contributed by atoms with Crippen LogP contribution in [0.5, 0.6) is 5.75 Å². The van der Waals surface area contributed by atoms with E-state index in [1.807, 2.05) is 43.5 Å². The Morgan fingerprint density at radius 1 is 1.18 bits per heavy atom. The number of aromatic hydroxyl groups is 1. The molecular weight excluding hydrogens is 372 g/mol. The maximum Gasteiger partial charge on any atom is 0.188 e. The van der Waals surface area contributed by atoms with Crippen LogP contribution in [0.2, 0.25) is 0 Å². The van der Waals surface area contributed by atoms with Gasteiger partial charge in [0.25, 0.3) is 0 Å². The molecule has 0 aliphatic carbocycles. The van der Waals surface area contributed by atoms with Crippen molar-refractivity contribution in [1.82, 2.24) is 20.3 Å². The molecule has 4 rings (SSSR count). The van der Waals surface area contributed by atoms with Crippen molar-refractivity contribution < 1.29 is 5.11 Å². The predicted molar refractivity (Wildman–Crippen MR) is 114 cm³/mol. The normalized spacial score (nSPS) is 14.5. The second-order valence-electron chi connectivity index (χ2n) is 6.52. The predicted octanol–water partition coefficient (Wildman–Crippen LogP) is 3.27. The highest BCUT2D eigenvalue weighted by Gasteiger charge is 2.14. The van der Waals surface area contributed by atoms with Crippen LogP contribution in [0.25, 0.3) is 12.2 Å². The monoisotopic (exact) mass is 394 g/mol. The van der Waals surface area contributed by atoms with E-state index in [0.717, 1.165) is 59.2 Å². The highest BCUT2D eigenvalue weighted by Crippen LogP contribution is 2.25. The summed E-state index contributed by atoms with van der Waals surface area (Å²) in [6, 6.07) is 9.12. The number of aromatic nitrogens is 3. The molecular formula is C20H22N6OS. The summed E-state index contributed by atoms with van der Waals surface area (Å²) < 4.78 is 0. The van der Waals surface area contributed by atoms with Gasteiger partial charge in [-0.15, -0.1) is 0 Å². The largest absolute Gasteiger partial charge is 0.508 e. The Bertz CT molecular complexity index is 980. The molecule has 0 atom stereocenters. The molecule has 1 saturated heterocycles. The Labute approximate surface area is 167 Å². The molecule has 0 saturated carbocycles. The molecule has 0 unspecified atom stereocenters. The number of hydrogen-bond acceptors (Lipinski definition) is 8. The van der Waals surface area contributed by atoms with Crippen LogP contribution in [0.4, 0.5) is 16.8 Å². The first-order chi connectivity index (χ1) is 13.7. The number of nitrogens with one attached hydrogen (secondary N) is 2. The first-order valence-corrected chi connectivity index (χ1v) is 9.99. The van der Waals surface area contributed by atoms with Crippen LogP contribution >= 0.6 is 11.3 Å². The molecule has 1 aliphatic rings. The number of hydrogen-bond donors (Lipinski definition) is 3. The van der Waals surface area contributed by atoms with E-state index in [1.165, 1.54) is 0 Å². The fourth-order valence-electron chi connectivity index (χ4n) is 3.01. The van der Waals surface area contributed by atoms with Gasteiger partial charge < -0.3 is 20.6 Å². The highest BCUT2D eigenvalue weighted by atomic mass is 32.1. The van der Waals surface area contributed by atoms with Gasteiger partial charge in [0.15, 0.2) is 5.13 Å². The molecule has 2 aromatic heterocycles. The second kappa shape index (κ2) is 8.37. The van der Waals surface area contributed by atoms with Crippen LogP contribution in [0.3, 0.4) is 0 Å². The van der Waals surface area contributed by atoms with E-state index in [1.54, 1.807) is 23.5 Å². The van der Waals surface area contributed by atoms with E-state index in [9.17, 15) is 5.11 Å². The van der Waals surface area contributed by atoms with E-state index in [2.05, 4.69) is 30.5 Å². The van der Waals surface area contributed by atoms with Crippen LogP contribution in [0.15, 0.2) is 36.5 Å². The molecule has 3 heterocycles. The minimum Gasteiger partial charge on any atom is -0.508 e. The van der Waals surface area contributed by atoms with Crippen LogP contribution in [0, 0.1) is 6.92 Å². The van der Waals surface area contributed by atoms with Gasteiger partial charge in [0.2, 0.25) is 0 Å². The number of aryl methyl sites for hydroxylation is 1. The Morgan fingerprint density at radius 2 is 2.04 bits per heavy atom. The van der Waals surface area contributed by atoms with Crippen molar-refractivity contribution in [3.05, 3.63) is 52.8 Å². The van der Waals surface area contributed by atoms with Gasteiger partial charge in [-0.1, -0.05) is 29.5 Å². The number of anilines is 3. The van der Waals surface area contributed by atoms with Crippen molar-refractivity contribution in [1.29, 1.82) is 0 Å². The zero-order chi connectivity index (χ0) is 19.3. The van der Waals surface area contributed by atoms with E-state index in [-0.39, 0.29) is 5.75 Å². The van der Waals surface area contributed by atoms with Crippen molar-refractivity contribution in [2.75, 3.05) is 36.4 Å². The minimum atomic E-state index is 0.258. The third-order valence-electron chi connectivity index (χ3n) is 4.33. The van der Waals surface area contributed by atoms with E-state index < -0.39 is 0 Å². The number of phenols is 1. The highest BCUT2D eigenvalue weighted by molar-refractivity contribution is 7.16. The summed E-state index contributed by atoms with van der Waals surface area (Å²) in [6.07, 6.45) is 5.75. The number of rotatable bonds is 5. The topological polar surface area (TPSA) is 86.2 Å². The maximum absolute atomic E-state index is 9.54. The molecule has 1 aliphatic heterocycles. The van der Waals surface area contributed by atoms with E-state index in [0.29, 0.717) is 0 Å². The molecule has 28 heavy (non-hydrogen) atoms. The summed E-state index contributed by atoms with van der Waals surface area (Å²) in [5, 5.41) is 17.0. The lowest BCUT2D eigenvalue weighted by atomic mass is 10.2. The summed E-state index contributed by atoms with van der Waals surface area (Å²) in [4.78, 5) is 16.8. The quantitative estimate of drug-likeness (QED) is 0.612. The molecule has 0 spiro atoms. The Morgan fingerprint density at radius 3 is 2.86 bits per heavy atom. The summed E-state index contributed by atoms with van der Waals surface area (Å²) in [7, 11) is 0.